The van der Waals surface area contributed by atoms with Crippen LogP contribution >= 0.6 is 0 Å². The van der Waals surface area contributed by atoms with Gasteiger partial charge in [-0.15, -0.1) is 0 Å². The van der Waals surface area contributed by atoms with Crippen molar-refractivity contribution in [2.75, 3.05) is 11.9 Å². The van der Waals surface area contributed by atoms with Gasteiger partial charge < -0.3 is 19.9 Å². The van der Waals surface area contributed by atoms with Crippen LogP contribution in [0.4, 0.5) is 5.69 Å². The van der Waals surface area contributed by atoms with E-state index < -0.39 is 6.10 Å². The zero-order valence-corrected chi connectivity index (χ0v) is 15.4. The number of aliphatic hydroxyl groups excluding tert-OH is 1. The van der Waals surface area contributed by atoms with E-state index in [-0.39, 0.29) is 18.1 Å². The maximum Gasteiger partial charge on any atom is 0.336 e. The minimum atomic E-state index is -0.770. The summed E-state index contributed by atoms with van der Waals surface area (Å²) in [4.78, 5) is 12.2. The number of carbonyl (C=O) groups excluding carboxylic acids is 1. The predicted molar refractivity (Wildman–Crippen MR) is 104 cm³/mol. The first-order valence-corrected chi connectivity index (χ1v) is 9.17. The van der Waals surface area contributed by atoms with Crippen molar-refractivity contribution in [1.29, 1.82) is 0 Å². The van der Waals surface area contributed by atoms with E-state index in [4.69, 9.17) is 9.47 Å². The fourth-order valence-electron chi connectivity index (χ4n) is 3.02. The number of aliphatic hydroxyl groups is 1. The first kappa shape index (κ1) is 19.1. The van der Waals surface area contributed by atoms with Crippen LogP contribution in [0.2, 0.25) is 0 Å². The van der Waals surface area contributed by atoms with Crippen LogP contribution in [0.1, 0.15) is 18.9 Å². The number of hydrogen-bond acceptors (Lipinski definition) is 5. The number of nitrogens with one attached hydrogen (secondary N) is 1. The van der Waals surface area contributed by atoms with Gasteiger partial charge in [-0.3, -0.25) is 0 Å². The zero-order chi connectivity index (χ0) is 19.1. The summed E-state index contributed by atoms with van der Waals surface area (Å²) >= 11 is 0. The molecule has 1 heterocycles. The molecule has 27 heavy (non-hydrogen) atoms. The largest absolute Gasteiger partial charge is 0.457 e. The van der Waals surface area contributed by atoms with E-state index in [9.17, 15) is 9.90 Å². The second-order valence-electron chi connectivity index (χ2n) is 6.61. The molecule has 0 unspecified atom stereocenters. The summed E-state index contributed by atoms with van der Waals surface area (Å²) in [5.41, 5.74) is 2.45. The summed E-state index contributed by atoms with van der Waals surface area (Å²) in [6, 6.07) is 19.2. The number of hydrogen-bond donors (Lipinski definition) is 2. The molecule has 0 amide bonds. The molecule has 5 heteroatoms. The van der Waals surface area contributed by atoms with Gasteiger partial charge in [0.2, 0.25) is 0 Å². The van der Waals surface area contributed by atoms with Crippen LogP contribution < -0.4 is 5.32 Å². The predicted octanol–water partition coefficient (Wildman–Crippen LogP) is 3.31. The molecule has 0 spiro atoms. The topological polar surface area (TPSA) is 67.8 Å². The van der Waals surface area contributed by atoms with Crippen LogP contribution in [0.5, 0.6) is 0 Å². The second-order valence-corrected chi connectivity index (χ2v) is 6.61. The highest BCUT2D eigenvalue weighted by Gasteiger charge is 2.37. The van der Waals surface area contributed by atoms with E-state index >= 15 is 0 Å². The highest BCUT2D eigenvalue weighted by atomic mass is 16.6. The number of carbonyl (C=O) groups is 1. The van der Waals surface area contributed by atoms with Crippen LogP contribution in [0.15, 0.2) is 72.3 Å². The number of esters is 1. The smallest absolute Gasteiger partial charge is 0.336 e. The second kappa shape index (κ2) is 9.35. The lowest BCUT2D eigenvalue weighted by atomic mass is 10.0. The molecule has 1 saturated heterocycles. The molecule has 1 aliphatic rings. The quantitative estimate of drug-likeness (QED) is 0.426. The normalized spacial score (nSPS) is 21.9. The van der Waals surface area contributed by atoms with Gasteiger partial charge in [0.05, 0.1) is 24.3 Å². The maximum atomic E-state index is 12.2. The summed E-state index contributed by atoms with van der Waals surface area (Å²) in [7, 11) is 0. The highest BCUT2D eigenvalue weighted by Crippen LogP contribution is 2.25. The zero-order valence-electron chi connectivity index (χ0n) is 15.4. The molecular weight excluding hydrogens is 342 g/mol. The van der Waals surface area contributed by atoms with E-state index in [1.807, 2.05) is 67.6 Å². The number of benzene rings is 2. The summed E-state index contributed by atoms with van der Waals surface area (Å²) in [6.45, 7) is 2.75. The summed E-state index contributed by atoms with van der Waals surface area (Å²) < 4.78 is 10.9. The van der Waals surface area contributed by atoms with Gasteiger partial charge in [0.25, 0.3) is 0 Å². The number of anilines is 1. The van der Waals surface area contributed by atoms with Crippen molar-refractivity contribution in [2.24, 2.45) is 0 Å². The summed E-state index contributed by atoms with van der Waals surface area (Å²) in [6.07, 6.45) is 0.924. The van der Waals surface area contributed by atoms with Gasteiger partial charge in [0.15, 0.2) is 0 Å². The average Bonchev–Trinajstić information content (AvgIpc) is 2.94. The molecule has 0 bridgehead atoms. The van der Waals surface area contributed by atoms with Gasteiger partial charge in [-0.1, -0.05) is 48.5 Å². The molecule has 2 aromatic carbocycles. The lowest BCUT2D eigenvalue weighted by Gasteiger charge is -2.18. The Kier molecular flexibility index (Phi) is 6.63. The molecule has 3 atom stereocenters. The minimum Gasteiger partial charge on any atom is -0.457 e. The van der Waals surface area contributed by atoms with E-state index in [2.05, 4.69) is 5.32 Å². The standard InChI is InChI=1S/C22H25NO4/c1-16-21(23-18-10-6-3-7-11-18)20(22(25)27-16)14-19(24)12-13-26-15-17-8-4-2-5-9-17/h2-11,14,16,19,21,23-24H,12-13,15H2,1H3/b20-14+/t16-,19+,21-/m0/s1. The van der Waals surface area contributed by atoms with Crippen LogP contribution in [0.25, 0.3) is 0 Å². The molecule has 0 aliphatic carbocycles. The Morgan fingerprint density at radius 3 is 2.52 bits per heavy atom. The number of cyclic esters (lactones) is 1. The van der Waals surface area contributed by atoms with Gasteiger partial charge in [0.1, 0.15) is 6.10 Å². The summed E-state index contributed by atoms with van der Waals surface area (Å²) in [5, 5.41) is 13.6. The van der Waals surface area contributed by atoms with E-state index in [1.165, 1.54) is 0 Å². The van der Waals surface area contributed by atoms with Crippen molar-refractivity contribution in [3.05, 3.63) is 77.9 Å². The van der Waals surface area contributed by atoms with E-state index in [0.29, 0.717) is 25.2 Å². The van der Waals surface area contributed by atoms with Crippen LogP contribution in [0, 0.1) is 0 Å². The molecule has 5 nitrogen and oxygen atoms in total. The molecule has 0 saturated carbocycles. The average molecular weight is 367 g/mol. The van der Waals surface area contributed by atoms with Crippen molar-refractivity contribution in [1.82, 2.24) is 0 Å². The molecule has 0 radical (unpaired) electrons. The molecule has 1 aliphatic heterocycles. The highest BCUT2D eigenvalue weighted by molar-refractivity contribution is 5.93. The van der Waals surface area contributed by atoms with Crippen LogP contribution in [-0.2, 0) is 20.9 Å². The molecule has 2 N–H and O–H groups in total. The third kappa shape index (κ3) is 5.42. The lowest BCUT2D eigenvalue weighted by Crippen LogP contribution is -2.29. The Labute approximate surface area is 159 Å². The number of ether oxygens (including phenoxy) is 2. The van der Waals surface area contributed by atoms with Crippen molar-refractivity contribution < 1.29 is 19.4 Å². The number of rotatable bonds is 8. The first-order valence-electron chi connectivity index (χ1n) is 9.17. The van der Waals surface area contributed by atoms with E-state index in [1.54, 1.807) is 6.08 Å². The first-order chi connectivity index (χ1) is 13.1. The Balaban J connectivity index is 1.55. The van der Waals surface area contributed by atoms with Crippen molar-refractivity contribution in [3.8, 4) is 0 Å². The fourth-order valence-corrected chi connectivity index (χ4v) is 3.02. The number of para-hydroxylation sites is 1. The molecule has 3 rings (SSSR count). The molecular formula is C22H25NO4. The van der Waals surface area contributed by atoms with Gasteiger partial charge in [-0.2, -0.15) is 0 Å². The van der Waals surface area contributed by atoms with Gasteiger partial charge >= 0.3 is 5.97 Å². The Morgan fingerprint density at radius 1 is 1.15 bits per heavy atom. The van der Waals surface area contributed by atoms with Crippen molar-refractivity contribution in [3.63, 3.8) is 0 Å². The van der Waals surface area contributed by atoms with Crippen molar-refractivity contribution >= 4 is 11.7 Å². The van der Waals surface area contributed by atoms with Crippen molar-refractivity contribution in [2.45, 2.75) is 38.2 Å². The van der Waals surface area contributed by atoms with Gasteiger partial charge in [-0.25, -0.2) is 4.79 Å². The Morgan fingerprint density at radius 2 is 1.81 bits per heavy atom. The lowest BCUT2D eigenvalue weighted by molar-refractivity contribution is -0.138. The van der Waals surface area contributed by atoms with E-state index in [0.717, 1.165) is 11.3 Å². The summed E-state index contributed by atoms with van der Waals surface area (Å²) in [5.74, 6) is -0.389. The molecule has 2 aromatic rings. The maximum absolute atomic E-state index is 12.2. The fraction of sp³-hybridized carbons (Fsp3) is 0.318. The van der Waals surface area contributed by atoms with Crippen LogP contribution in [-0.4, -0.2) is 35.9 Å². The molecule has 142 valence electrons. The Hall–Kier alpha value is -2.63. The monoisotopic (exact) mass is 367 g/mol. The van der Waals surface area contributed by atoms with Gasteiger partial charge in [-0.05, 0) is 30.7 Å². The SMILES string of the molecule is C[C@@H]1OC(=O)/C(=C/[C@H](O)CCOCc2ccccc2)[C@H]1Nc1ccccc1. The third-order valence-electron chi connectivity index (χ3n) is 4.47. The minimum absolute atomic E-state index is 0.292. The molecule has 0 aromatic heterocycles. The Bertz CT molecular complexity index is 760. The van der Waals surface area contributed by atoms with Gasteiger partial charge in [0, 0.05) is 18.7 Å². The molecule has 1 fully saturated rings. The third-order valence-corrected chi connectivity index (χ3v) is 4.47. The van der Waals surface area contributed by atoms with Crippen LogP contribution in [0.3, 0.4) is 0 Å².